The van der Waals surface area contributed by atoms with Gasteiger partial charge in [-0.05, 0) is 17.7 Å². The lowest BCUT2D eigenvalue weighted by atomic mass is 10.2. The van der Waals surface area contributed by atoms with Crippen LogP contribution in [0.1, 0.15) is 5.56 Å². The molecule has 0 aliphatic heterocycles. The first-order valence-corrected chi connectivity index (χ1v) is 4.13. The van der Waals surface area contributed by atoms with E-state index < -0.39 is 30.4 Å². The minimum Gasteiger partial charge on any atom is -0.482 e. The lowest BCUT2D eigenvalue weighted by Gasteiger charge is -2.08. The third kappa shape index (κ3) is 3.09. The highest BCUT2D eigenvalue weighted by atomic mass is 19.3. The predicted octanol–water partition coefficient (Wildman–Crippen LogP) is 2.07. The smallest absolute Gasteiger partial charge is 0.272 e. The van der Waals surface area contributed by atoms with Crippen molar-refractivity contribution < 1.29 is 22.3 Å². The maximum Gasteiger partial charge on any atom is 0.272 e. The Hall–Kier alpha value is -1.30. The second-order valence-electron chi connectivity index (χ2n) is 2.79. The number of halogens is 4. The Balaban J connectivity index is 2.88. The van der Waals surface area contributed by atoms with Crippen molar-refractivity contribution in [2.45, 2.75) is 13.0 Å². The fraction of sp³-hybridized carbons (Fsp3) is 0.333. The zero-order valence-electron chi connectivity index (χ0n) is 7.64. The van der Waals surface area contributed by atoms with Crippen molar-refractivity contribution in [2.24, 2.45) is 5.73 Å². The van der Waals surface area contributed by atoms with Crippen LogP contribution in [-0.4, -0.2) is 13.0 Å². The summed E-state index contributed by atoms with van der Waals surface area (Å²) >= 11 is 0. The van der Waals surface area contributed by atoms with E-state index in [0.29, 0.717) is 0 Å². The van der Waals surface area contributed by atoms with Crippen LogP contribution in [0.4, 0.5) is 17.6 Å². The molecule has 1 aromatic rings. The van der Waals surface area contributed by atoms with Crippen LogP contribution in [0.25, 0.3) is 0 Å². The number of ether oxygens (including phenoxy) is 1. The minimum absolute atomic E-state index is 0.0387. The summed E-state index contributed by atoms with van der Waals surface area (Å²) in [6.07, 6.45) is -2.78. The molecule has 0 radical (unpaired) electrons. The Kier molecular flexibility index (Phi) is 3.90. The Morgan fingerprint density at radius 2 is 1.73 bits per heavy atom. The minimum atomic E-state index is -2.78. The number of benzene rings is 1. The van der Waals surface area contributed by atoms with Gasteiger partial charge in [0.25, 0.3) is 6.43 Å². The van der Waals surface area contributed by atoms with Crippen LogP contribution < -0.4 is 10.5 Å². The van der Waals surface area contributed by atoms with Gasteiger partial charge in [-0.3, -0.25) is 0 Å². The van der Waals surface area contributed by atoms with E-state index >= 15 is 0 Å². The number of rotatable bonds is 4. The van der Waals surface area contributed by atoms with Crippen LogP contribution in [0.5, 0.6) is 5.75 Å². The van der Waals surface area contributed by atoms with Crippen molar-refractivity contribution in [3.05, 3.63) is 29.3 Å². The normalized spacial score (nSPS) is 10.8. The maximum atomic E-state index is 13.1. The molecule has 0 aliphatic rings. The second kappa shape index (κ2) is 4.97. The average Bonchev–Trinajstić information content (AvgIpc) is 2.15. The van der Waals surface area contributed by atoms with Crippen molar-refractivity contribution in [2.75, 3.05) is 6.61 Å². The largest absolute Gasteiger partial charge is 0.482 e. The predicted molar refractivity (Wildman–Crippen MR) is 45.7 cm³/mol. The first-order valence-electron chi connectivity index (χ1n) is 4.13. The van der Waals surface area contributed by atoms with Gasteiger partial charge in [-0.2, -0.15) is 0 Å². The maximum absolute atomic E-state index is 13.1. The van der Waals surface area contributed by atoms with E-state index in [1.165, 1.54) is 0 Å². The molecular weight excluding hydrogens is 214 g/mol. The van der Waals surface area contributed by atoms with Crippen molar-refractivity contribution in [3.8, 4) is 5.75 Å². The van der Waals surface area contributed by atoms with Crippen LogP contribution >= 0.6 is 0 Å². The van der Waals surface area contributed by atoms with Crippen molar-refractivity contribution in [1.82, 2.24) is 0 Å². The Morgan fingerprint density at radius 3 is 2.13 bits per heavy atom. The molecule has 6 heteroatoms. The summed E-state index contributed by atoms with van der Waals surface area (Å²) in [5, 5.41) is 0. The van der Waals surface area contributed by atoms with Gasteiger partial charge in [0.05, 0.1) is 0 Å². The summed E-state index contributed by atoms with van der Waals surface area (Å²) in [5.74, 6) is -2.86. The van der Waals surface area contributed by atoms with Gasteiger partial charge in [-0.15, -0.1) is 0 Å². The first kappa shape index (κ1) is 11.8. The Labute approximate surface area is 83.6 Å². The Bertz CT molecular complexity index is 320. The molecule has 0 heterocycles. The highest BCUT2D eigenvalue weighted by Crippen LogP contribution is 2.23. The van der Waals surface area contributed by atoms with Gasteiger partial charge in [0, 0.05) is 6.54 Å². The standard InChI is InChI=1S/C9H9F4NO/c10-6-1-5(3-14)2-7(11)9(6)15-4-8(12)13/h1-2,8H,3-4,14H2. The molecular formula is C9H9F4NO. The molecule has 0 saturated carbocycles. The highest BCUT2D eigenvalue weighted by Gasteiger charge is 2.14. The van der Waals surface area contributed by atoms with Gasteiger partial charge >= 0.3 is 0 Å². The van der Waals surface area contributed by atoms with E-state index in [0.717, 1.165) is 12.1 Å². The van der Waals surface area contributed by atoms with Crippen LogP contribution in [0.3, 0.4) is 0 Å². The topological polar surface area (TPSA) is 35.2 Å². The van der Waals surface area contributed by atoms with E-state index in [2.05, 4.69) is 4.74 Å². The lowest BCUT2D eigenvalue weighted by Crippen LogP contribution is -2.10. The molecule has 1 rings (SSSR count). The molecule has 0 amide bonds. The molecule has 0 spiro atoms. The van der Waals surface area contributed by atoms with Crippen molar-refractivity contribution in [3.63, 3.8) is 0 Å². The SMILES string of the molecule is NCc1cc(F)c(OCC(F)F)c(F)c1. The molecule has 0 fully saturated rings. The Morgan fingerprint density at radius 1 is 1.20 bits per heavy atom. The molecule has 2 N–H and O–H groups in total. The molecule has 0 unspecified atom stereocenters. The second-order valence-corrected chi connectivity index (χ2v) is 2.79. The summed E-state index contributed by atoms with van der Waals surface area (Å²) in [5.41, 5.74) is 5.40. The molecule has 0 bridgehead atoms. The molecule has 0 aromatic heterocycles. The van der Waals surface area contributed by atoms with E-state index in [-0.39, 0.29) is 12.1 Å². The third-order valence-electron chi connectivity index (χ3n) is 1.65. The number of alkyl halides is 2. The number of hydrogen-bond donors (Lipinski definition) is 1. The molecule has 0 saturated heterocycles. The summed E-state index contributed by atoms with van der Waals surface area (Å²) in [6, 6.07) is 1.90. The fourth-order valence-electron chi connectivity index (χ4n) is 1.01. The van der Waals surface area contributed by atoms with Crippen LogP contribution in [0.2, 0.25) is 0 Å². The van der Waals surface area contributed by atoms with Gasteiger partial charge in [-0.25, -0.2) is 17.6 Å². The van der Waals surface area contributed by atoms with Crippen LogP contribution in [-0.2, 0) is 6.54 Å². The van der Waals surface area contributed by atoms with Crippen molar-refractivity contribution >= 4 is 0 Å². The van der Waals surface area contributed by atoms with Crippen molar-refractivity contribution in [1.29, 1.82) is 0 Å². The average molecular weight is 223 g/mol. The fourth-order valence-corrected chi connectivity index (χ4v) is 1.01. The zero-order valence-corrected chi connectivity index (χ0v) is 7.64. The number of hydrogen-bond acceptors (Lipinski definition) is 2. The zero-order chi connectivity index (χ0) is 11.4. The molecule has 1 aromatic carbocycles. The van der Waals surface area contributed by atoms with E-state index in [9.17, 15) is 17.6 Å². The monoisotopic (exact) mass is 223 g/mol. The summed E-state index contributed by atoms with van der Waals surface area (Å²) in [6.45, 7) is -1.08. The van der Waals surface area contributed by atoms with Gasteiger partial charge in [0.15, 0.2) is 17.4 Å². The molecule has 0 aliphatic carbocycles. The van der Waals surface area contributed by atoms with E-state index in [4.69, 9.17) is 5.73 Å². The third-order valence-corrected chi connectivity index (χ3v) is 1.65. The van der Waals surface area contributed by atoms with Gasteiger partial charge in [0.1, 0.15) is 6.61 Å². The van der Waals surface area contributed by atoms with E-state index in [1.807, 2.05) is 0 Å². The van der Waals surface area contributed by atoms with Crippen LogP contribution in [0, 0.1) is 11.6 Å². The summed E-state index contributed by atoms with van der Waals surface area (Å²) in [7, 11) is 0. The first-order chi connectivity index (χ1) is 7.04. The quantitative estimate of drug-likeness (QED) is 0.793. The highest BCUT2D eigenvalue weighted by molar-refractivity contribution is 5.31. The lowest BCUT2D eigenvalue weighted by molar-refractivity contribution is 0.0777. The van der Waals surface area contributed by atoms with Gasteiger partial charge in [0.2, 0.25) is 0 Å². The van der Waals surface area contributed by atoms with Gasteiger partial charge < -0.3 is 10.5 Å². The van der Waals surface area contributed by atoms with E-state index in [1.54, 1.807) is 0 Å². The number of nitrogens with two attached hydrogens (primary N) is 1. The molecule has 2 nitrogen and oxygen atoms in total. The van der Waals surface area contributed by atoms with Crippen LogP contribution in [0.15, 0.2) is 12.1 Å². The summed E-state index contributed by atoms with van der Waals surface area (Å²) < 4.78 is 53.9. The molecule has 0 atom stereocenters. The molecule has 84 valence electrons. The van der Waals surface area contributed by atoms with Gasteiger partial charge in [-0.1, -0.05) is 0 Å². The molecule has 15 heavy (non-hydrogen) atoms. The summed E-state index contributed by atoms with van der Waals surface area (Å²) in [4.78, 5) is 0.